The molecule has 5 nitrogen and oxygen atoms in total. The highest BCUT2D eigenvalue weighted by molar-refractivity contribution is 5.97. The maximum absolute atomic E-state index is 12.1. The molecule has 0 aromatic heterocycles. The van der Waals surface area contributed by atoms with Gasteiger partial charge in [-0.2, -0.15) is 0 Å². The summed E-state index contributed by atoms with van der Waals surface area (Å²) in [5.74, 6) is 0.279. The van der Waals surface area contributed by atoms with Gasteiger partial charge in [0, 0.05) is 18.8 Å². The Morgan fingerprint density at radius 3 is 2.32 bits per heavy atom. The number of hydrogen-bond donors (Lipinski definition) is 1. The molecule has 2 aromatic carbocycles. The summed E-state index contributed by atoms with van der Waals surface area (Å²) in [5, 5.41) is 2.77. The Morgan fingerprint density at radius 1 is 1.08 bits per heavy atom. The van der Waals surface area contributed by atoms with Gasteiger partial charge >= 0.3 is 0 Å². The van der Waals surface area contributed by atoms with E-state index in [4.69, 9.17) is 4.74 Å². The van der Waals surface area contributed by atoms with Crippen LogP contribution in [0, 0.1) is 6.92 Å². The number of likely N-dealkylation sites (N-methyl/N-ethyl adjacent to an activating group) is 1. The molecule has 0 saturated carbocycles. The summed E-state index contributed by atoms with van der Waals surface area (Å²) in [6.45, 7) is 1.97. The Hall–Kier alpha value is -3.08. The second-order valence-electron chi connectivity index (χ2n) is 5.71. The van der Waals surface area contributed by atoms with E-state index in [0.29, 0.717) is 5.69 Å². The smallest absolute Gasteiger partial charge is 0.246 e. The minimum absolute atomic E-state index is 0.0142. The van der Waals surface area contributed by atoms with Gasteiger partial charge in [-0.1, -0.05) is 29.8 Å². The first-order chi connectivity index (χ1) is 12.0. The fourth-order valence-corrected chi connectivity index (χ4v) is 2.14. The molecular weight excluding hydrogens is 316 g/mol. The Labute approximate surface area is 147 Å². The zero-order chi connectivity index (χ0) is 18.2. The lowest BCUT2D eigenvalue weighted by molar-refractivity contribution is -0.129. The first kappa shape index (κ1) is 18.3. The third-order valence-electron chi connectivity index (χ3n) is 3.63. The number of carbonyl (C=O) groups excluding carboxylic acids is 2. The van der Waals surface area contributed by atoms with Gasteiger partial charge in [0.05, 0.1) is 13.7 Å². The summed E-state index contributed by atoms with van der Waals surface area (Å²) >= 11 is 0. The molecule has 2 aromatic rings. The van der Waals surface area contributed by atoms with Crippen molar-refractivity contribution in [3.63, 3.8) is 0 Å². The summed E-state index contributed by atoms with van der Waals surface area (Å²) < 4.78 is 5.09. The lowest BCUT2D eigenvalue weighted by atomic mass is 10.2. The molecule has 25 heavy (non-hydrogen) atoms. The van der Waals surface area contributed by atoms with Crippen LogP contribution in [0.1, 0.15) is 11.1 Å². The van der Waals surface area contributed by atoms with Crippen molar-refractivity contribution in [2.75, 3.05) is 26.0 Å². The molecule has 5 heteroatoms. The zero-order valence-corrected chi connectivity index (χ0v) is 14.7. The lowest BCUT2D eigenvalue weighted by Gasteiger charge is -2.15. The molecule has 130 valence electrons. The molecule has 2 amide bonds. The van der Waals surface area contributed by atoms with Gasteiger partial charge < -0.3 is 15.0 Å². The zero-order valence-electron chi connectivity index (χ0n) is 14.7. The number of carbonyl (C=O) groups is 2. The SMILES string of the molecule is COc1ccc(/C=C\C(=O)N(C)CC(=O)Nc2ccc(C)cc2)cc1. The fourth-order valence-electron chi connectivity index (χ4n) is 2.14. The average Bonchev–Trinajstić information content (AvgIpc) is 2.62. The van der Waals surface area contributed by atoms with E-state index in [1.165, 1.54) is 11.0 Å². The van der Waals surface area contributed by atoms with Crippen molar-refractivity contribution in [3.05, 3.63) is 65.7 Å². The number of benzene rings is 2. The molecule has 2 rings (SSSR count). The molecule has 0 bridgehead atoms. The normalized spacial score (nSPS) is 10.5. The summed E-state index contributed by atoms with van der Waals surface area (Å²) in [7, 11) is 3.19. The Kier molecular flexibility index (Phi) is 6.34. The monoisotopic (exact) mass is 338 g/mol. The number of aryl methyl sites for hydroxylation is 1. The molecule has 0 unspecified atom stereocenters. The largest absolute Gasteiger partial charge is 0.497 e. The maximum Gasteiger partial charge on any atom is 0.246 e. The molecule has 0 saturated heterocycles. The minimum Gasteiger partial charge on any atom is -0.497 e. The molecule has 0 atom stereocenters. The standard InChI is InChI=1S/C20H22N2O3/c1-15-4-9-17(10-5-15)21-19(23)14-22(2)20(24)13-8-16-6-11-18(25-3)12-7-16/h4-13H,14H2,1-3H3,(H,21,23)/b13-8-. The van der Waals surface area contributed by atoms with Crippen LogP contribution >= 0.6 is 0 Å². The van der Waals surface area contributed by atoms with Crippen LogP contribution in [0.25, 0.3) is 6.08 Å². The van der Waals surface area contributed by atoms with Gasteiger partial charge in [0.1, 0.15) is 5.75 Å². The molecule has 0 radical (unpaired) electrons. The highest BCUT2D eigenvalue weighted by Gasteiger charge is 2.10. The van der Waals surface area contributed by atoms with Crippen LogP contribution in [-0.2, 0) is 9.59 Å². The molecule has 0 heterocycles. The van der Waals surface area contributed by atoms with Crippen LogP contribution in [-0.4, -0.2) is 37.4 Å². The molecule has 0 spiro atoms. The maximum atomic E-state index is 12.1. The van der Waals surface area contributed by atoms with Crippen LogP contribution in [0.2, 0.25) is 0 Å². The van der Waals surface area contributed by atoms with E-state index in [9.17, 15) is 9.59 Å². The Morgan fingerprint density at radius 2 is 1.72 bits per heavy atom. The number of amides is 2. The van der Waals surface area contributed by atoms with Gasteiger partial charge in [-0.05, 0) is 42.8 Å². The number of nitrogens with zero attached hydrogens (tertiary/aromatic N) is 1. The van der Waals surface area contributed by atoms with E-state index in [0.717, 1.165) is 16.9 Å². The number of rotatable bonds is 6. The van der Waals surface area contributed by atoms with Crippen LogP contribution in [0.5, 0.6) is 5.75 Å². The lowest BCUT2D eigenvalue weighted by Crippen LogP contribution is -2.33. The predicted octanol–water partition coefficient (Wildman–Crippen LogP) is 3.11. The molecule has 1 N–H and O–H groups in total. The average molecular weight is 338 g/mol. The quantitative estimate of drug-likeness (QED) is 0.823. The first-order valence-corrected chi connectivity index (χ1v) is 7.91. The molecule has 0 aliphatic carbocycles. The van der Waals surface area contributed by atoms with Crippen molar-refractivity contribution in [2.24, 2.45) is 0 Å². The van der Waals surface area contributed by atoms with Crippen molar-refractivity contribution in [3.8, 4) is 5.75 Å². The Balaban J connectivity index is 1.87. The first-order valence-electron chi connectivity index (χ1n) is 7.91. The second-order valence-corrected chi connectivity index (χ2v) is 5.71. The molecule has 0 aliphatic heterocycles. The van der Waals surface area contributed by atoms with Crippen molar-refractivity contribution < 1.29 is 14.3 Å². The number of anilines is 1. The van der Waals surface area contributed by atoms with Crippen molar-refractivity contribution in [1.29, 1.82) is 0 Å². The van der Waals surface area contributed by atoms with Gasteiger partial charge in [0.25, 0.3) is 0 Å². The highest BCUT2D eigenvalue weighted by Crippen LogP contribution is 2.12. The third-order valence-corrected chi connectivity index (χ3v) is 3.63. The number of methoxy groups -OCH3 is 1. The van der Waals surface area contributed by atoms with Crippen LogP contribution < -0.4 is 10.1 Å². The summed E-state index contributed by atoms with van der Waals surface area (Å²) in [4.78, 5) is 25.5. The van der Waals surface area contributed by atoms with E-state index in [1.807, 2.05) is 55.5 Å². The number of hydrogen-bond acceptors (Lipinski definition) is 3. The van der Waals surface area contributed by atoms with Crippen molar-refractivity contribution in [1.82, 2.24) is 4.90 Å². The van der Waals surface area contributed by atoms with E-state index in [2.05, 4.69) is 5.32 Å². The number of nitrogens with one attached hydrogen (secondary N) is 1. The van der Waals surface area contributed by atoms with Gasteiger partial charge in [0.15, 0.2) is 0 Å². The van der Waals surface area contributed by atoms with Crippen LogP contribution in [0.4, 0.5) is 5.69 Å². The Bertz CT molecular complexity index is 750. The van der Waals surface area contributed by atoms with E-state index < -0.39 is 0 Å². The van der Waals surface area contributed by atoms with Crippen molar-refractivity contribution in [2.45, 2.75) is 6.92 Å². The van der Waals surface area contributed by atoms with E-state index >= 15 is 0 Å². The van der Waals surface area contributed by atoms with Gasteiger partial charge in [-0.15, -0.1) is 0 Å². The topological polar surface area (TPSA) is 58.6 Å². The summed E-state index contributed by atoms with van der Waals surface area (Å²) in [6, 6.07) is 14.9. The van der Waals surface area contributed by atoms with Gasteiger partial charge in [-0.3, -0.25) is 9.59 Å². The fraction of sp³-hybridized carbons (Fsp3) is 0.200. The second kappa shape index (κ2) is 8.68. The van der Waals surface area contributed by atoms with Gasteiger partial charge in [0.2, 0.25) is 11.8 Å². The van der Waals surface area contributed by atoms with Gasteiger partial charge in [-0.25, -0.2) is 0 Å². The predicted molar refractivity (Wildman–Crippen MR) is 99.5 cm³/mol. The van der Waals surface area contributed by atoms with Crippen LogP contribution in [0.15, 0.2) is 54.6 Å². The summed E-state index contributed by atoms with van der Waals surface area (Å²) in [5.41, 5.74) is 2.71. The highest BCUT2D eigenvalue weighted by atomic mass is 16.5. The third kappa shape index (κ3) is 5.80. The van der Waals surface area contributed by atoms with Crippen LogP contribution in [0.3, 0.4) is 0 Å². The number of ether oxygens (including phenoxy) is 1. The van der Waals surface area contributed by atoms with E-state index in [1.54, 1.807) is 20.2 Å². The van der Waals surface area contributed by atoms with Crippen molar-refractivity contribution >= 4 is 23.6 Å². The van der Waals surface area contributed by atoms with E-state index in [-0.39, 0.29) is 18.4 Å². The molecular formula is C20H22N2O3. The summed E-state index contributed by atoms with van der Waals surface area (Å²) in [6.07, 6.45) is 3.15. The molecule has 0 aliphatic rings. The molecule has 0 fully saturated rings. The minimum atomic E-state index is -0.241.